The minimum atomic E-state index is 0.659. The molecule has 4 nitrogen and oxygen atoms in total. The fraction of sp³-hybridized carbons (Fsp3) is 0.267. The summed E-state index contributed by atoms with van der Waals surface area (Å²) in [7, 11) is 0. The molecule has 2 rings (SSSR count). The standard InChI is InChI=1S/C15H16N4S/c1-3-17-10-12-4-5-14(13(6-12)7-16)20-15-18-8-11(2)9-19-15/h4-6,8-9,17H,3,10H2,1-2H3. The summed E-state index contributed by atoms with van der Waals surface area (Å²) in [6.45, 7) is 5.70. The predicted molar refractivity (Wildman–Crippen MR) is 79.4 cm³/mol. The van der Waals surface area contributed by atoms with Crippen LogP contribution in [0.3, 0.4) is 0 Å². The second-order valence-corrected chi connectivity index (χ2v) is 5.38. The van der Waals surface area contributed by atoms with E-state index in [-0.39, 0.29) is 0 Å². The van der Waals surface area contributed by atoms with Crippen molar-refractivity contribution in [2.24, 2.45) is 0 Å². The van der Waals surface area contributed by atoms with Crippen LogP contribution in [0, 0.1) is 18.3 Å². The molecule has 0 radical (unpaired) electrons. The summed E-state index contributed by atoms with van der Waals surface area (Å²) in [4.78, 5) is 9.39. The van der Waals surface area contributed by atoms with Crippen LogP contribution < -0.4 is 5.32 Å². The number of nitrogens with one attached hydrogen (secondary N) is 1. The van der Waals surface area contributed by atoms with Gasteiger partial charge >= 0.3 is 0 Å². The van der Waals surface area contributed by atoms with Gasteiger partial charge in [0.15, 0.2) is 5.16 Å². The number of aromatic nitrogens is 2. The quantitative estimate of drug-likeness (QED) is 0.855. The van der Waals surface area contributed by atoms with Gasteiger partial charge in [0.2, 0.25) is 0 Å². The molecule has 0 aliphatic heterocycles. The normalized spacial score (nSPS) is 10.2. The van der Waals surface area contributed by atoms with Crippen LogP contribution in [0.25, 0.3) is 0 Å². The summed E-state index contributed by atoms with van der Waals surface area (Å²) >= 11 is 1.41. The first-order valence-electron chi connectivity index (χ1n) is 6.43. The van der Waals surface area contributed by atoms with E-state index < -0.39 is 0 Å². The van der Waals surface area contributed by atoms with Gasteiger partial charge in [0.05, 0.1) is 5.56 Å². The van der Waals surface area contributed by atoms with Crippen LogP contribution in [0.15, 0.2) is 40.6 Å². The Balaban J connectivity index is 2.19. The lowest BCUT2D eigenvalue weighted by Gasteiger charge is -2.06. The Morgan fingerprint density at radius 1 is 1.30 bits per heavy atom. The molecule has 1 aromatic heterocycles. The SMILES string of the molecule is CCNCc1ccc(Sc2ncc(C)cn2)c(C#N)c1. The predicted octanol–water partition coefficient (Wildman–Crippen LogP) is 2.92. The van der Waals surface area contributed by atoms with Crippen molar-refractivity contribution in [1.29, 1.82) is 5.26 Å². The molecule has 102 valence electrons. The summed E-state index contributed by atoms with van der Waals surface area (Å²) in [5.74, 6) is 0. The van der Waals surface area contributed by atoms with E-state index in [4.69, 9.17) is 0 Å². The van der Waals surface area contributed by atoms with Crippen LogP contribution in [0.2, 0.25) is 0 Å². The lowest BCUT2D eigenvalue weighted by Crippen LogP contribution is -2.11. The third kappa shape index (κ3) is 3.80. The number of aryl methyl sites for hydroxylation is 1. The van der Waals surface area contributed by atoms with Crippen molar-refractivity contribution >= 4 is 11.8 Å². The molecule has 1 heterocycles. The van der Waals surface area contributed by atoms with E-state index in [0.29, 0.717) is 10.7 Å². The van der Waals surface area contributed by atoms with Crippen LogP contribution in [0.4, 0.5) is 0 Å². The molecule has 0 amide bonds. The molecule has 0 saturated heterocycles. The van der Waals surface area contributed by atoms with Crippen molar-refractivity contribution < 1.29 is 0 Å². The summed E-state index contributed by atoms with van der Waals surface area (Å²) in [6.07, 6.45) is 3.56. The molecule has 0 unspecified atom stereocenters. The van der Waals surface area contributed by atoms with Crippen LogP contribution in [-0.4, -0.2) is 16.5 Å². The molecule has 0 aliphatic carbocycles. The Bertz CT molecular complexity index is 617. The molecule has 0 fully saturated rings. The smallest absolute Gasteiger partial charge is 0.192 e. The van der Waals surface area contributed by atoms with Gasteiger partial charge in [0.25, 0.3) is 0 Å². The first-order chi connectivity index (χ1) is 9.72. The minimum Gasteiger partial charge on any atom is -0.313 e. The summed E-state index contributed by atoms with van der Waals surface area (Å²) < 4.78 is 0. The van der Waals surface area contributed by atoms with E-state index in [1.807, 2.05) is 25.1 Å². The van der Waals surface area contributed by atoms with Gasteiger partial charge in [-0.1, -0.05) is 13.0 Å². The number of nitriles is 1. The van der Waals surface area contributed by atoms with Crippen molar-refractivity contribution in [3.05, 3.63) is 47.3 Å². The zero-order chi connectivity index (χ0) is 14.4. The van der Waals surface area contributed by atoms with Gasteiger partial charge in [-0.3, -0.25) is 0 Å². The Morgan fingerprint density at radius 2 is 2.05 bits per heavy atom. The highest BCUT2D eigenvalue weighted by Crippen LogP contribution is 2.28. The fourth-order valence-electron chi connectivity index (χ4n) is 1.66. The molecule has 5 heteroatoms. The first-order valence-corrected chi connectivity index (χ1v) is 7.25. The zero-order valence-corrected chi connectivity index (χ0v) is 12.4. The Labute approximate surface area is 123 Å². The maximum absolute atomic E-state index is 9.27. The minimum absolute atomic E-state index is 0.659. The van der Waals surface area contributed by atoms with E-state index in [2.05, 4.69) is 28.3 Å². The summed E-state index contributed by atoms with van der Waals surface area (Å²) in [5.41, 5.74) is 2.79. The number of rotatable bonds is 5. The second-order valence-electron chi connectivity index (χ2n) is 4.37. The largest absolute Gasteiger partial charge is 0.313 e. The Morgan fingerprint density at radius 3 is 2.70 bits per heavy atom. The number of nitrogens with zero attached hydrogens (tertiary/aromatic N) is 3. The van der Waals surface area contributed by atoms with Gasteiger partial charge in [-0.2, -0.15) is 5.26 Å². The van der Waals surface area contributed by atoms with E-state index >= 15 is 0 Å². The molecule has 0 aliphatic rings. The van der Waals surface area contributed by atoms with Gasteiger partial charge in [0, 0.05) is 23.8 Å². The van der Waals surface area contributed by atoms with Crippen LogP contribution in [0.5, 0.6) is 0 Å². The van der Waals surface area contributed by atoms with Gasteiger partial charge in [-0.25, -0.2) is 9.97 Å². The van der Waals surface area contributed by atoms with E-state index in [9.17, 15) is 5.26 Å². The molecular formula is C15H16N4S. The maximum atomic E-state index is 9.27. The third-order valence-electron chi connectivity index (χ3n) is 2.70. The van der Waals surface area contributed by atoms with Gasteiger partial charge in [0.1, 0.15) is 6.07 Å². The number of hydrogen-bond donors (Lipinski definition) is 1. The number of hydrogen-bond acceptors (Lipinski definition) is 5. The average Bonchev–Trinajstić information content (AvgIpc) is 2.48. The maximum Gasteiger partial charge on any atom is 0.192 e. The fourth-order valence-corrected chi connectivity index (χ4v) is 2.42. The molecule has 0 saturated carbocycles. The summed E-state index contributed by atoms with van der Waals surface area (Å²) in [6, 6.07) is 8.14. The van der Waals surface area contributed by atoms with Gasteiger partial charge < -0.3 is 5.32 Å². The lowest BCUT2D eigenvalue weighted by molar-refractivity contribution is 0.726. The molecule has 1 N–H and O–H groups in total. The van der Waals surface area contributed by atoms with E-state index in [1.165, 1.54) is 11.8 Å². The molecule has 2 aromatic rings. The van der Waals surface area contributed by atoms with E-state index in [1.54, 1.807) is 12.4 Å². The molecule has 0 bridgehead atoms. The second kappa shape index (κ2) is 7.04. The van der Waals surface area contributed by atoms with Crippen molar-refractivity contribution in [3.63, 3.8) is 0 Å². The van der Waals surface area contributed by atoms with E-state index in [0.717, 1.165) is 29.1 Å². The Kier molecular flexibility index (Phi) is 5.10. The molecule has 20 heavy (non-hydrogen) atoms. The topological polar surface area (TPSA) is 61.6 Å². The highest BCUT2D eigenvalue weighted by Gasteiger charge is 2.07. The van der Waals surface area contributed by atoms with Gasteiger partial charge in [-0.05, 0) is 48.5 Å². The van der Waals surface area contributed by atoms with Crippen molar-refractivity contribution in [2.75, 3.05) is 6.54 Å². The molecule has 0 atom stereocenters. The molecular weight excluding hydrogens is 268 g/mol. The van der Waals surface area contributed by atoms with Crippen LogP contribution in [0.1, 0.15) is 23.6 Å². The monoisotopic (exact) mass is 284 g/mol. The summed E-state index contributed by atoms with van der Waals surface area (Å²) in [5, 5.41) is 13.2. The first kappa shape index (κ1) is 14.5. The van der Waals surface area contributed by atoms with Crippen LogP contribution >= 0.6 is 11.8 Å². The molecule has 1 aromatic carbocycles. The highest BCUT2D eigenvalue weighted by molar-refractivity contribution is 7.99. The lowest BCUT2D eigenvalue weighted by atomic mass is 10.1. The highest BCUT2D eigenvalue weighted by atomic mass is 32.2. The van der Waals surface area contributed by atoms with Crippen molar-refractivity contribution in [2.45, 2.75) is 30.4 Å². The van der Waals surface area contributed by atoms with Gasteiger partial charge in [-0.15, -0.1) is 0 Å². The average molecular weight is 284 g/mol. The van der Waals surface area contributed by atoms with Crippen molar-refractivity contribution in [1.82, 2.24) is 15.3 Å². The Hall–Kier alpha value is -1.90. The van der Waals surface area contributed by atoms with Crippen LogP contribution in [-0.2, 0) is 6.54 Å². The molecule has 0 spiro atoms. The number of benzene rings is 1. The zero-order valence-electron chi connectivity index (χ0n) is 11.6. The third-order valence-corrected chi connectivity index (χ3v) is 3.67. The van der Waals surface area contributed by atoms with Crippen molar-refractivity contribution in [3.8, 4) is 6.07 Å².